The molecular formula is C17H18O4. The van der Waals surface area contributed by atoms with Crippen molar-refractivity contribution in [3.63, 3.8) is 0 Å². The predicted molar refractivity (Wildman–Crippen MR) is 79.5 cm³/mol. The van der Waals surface area contributed by atoms with E-state index in [4.69, 9.17) is 4.74 Å². The first kappa shape index (κ1) is 15.0. The molecule has 0 radical (unpaired) electrons. The fourth-order valence-electron chi connectivity index (χ4n) is 2.09. The lowest BCUT2D eigenvalue weighted by Gasteiger charge is -2.26. The predicted octanol–water partition coefficient (Wildman–Crippen LogP) is 3.20. The van der Waals surface area contributed by atoms with Crippen molar-refractivity contribution in [3.8, 4) is 0 Å². The Kier molecular flexibility index (Phi) is 3.73. The maximum absolute atomic E-state index is 12.3. The summed E-state index contributed by atoms with van der Waals surface area (Å²) in [5.41, 5.74) is 0.201. The van der Waals surface area contributed by atoms with Gasteiger partial charge in [0.1, 0.15) is 11.4 Å². The summed E-state index contributed by atoms with van der Waals surface area (Å²) in [6.07, 6.45) is 0. The van der Waals surface area contributed by atoms with Gasteiger partial charge in [-0.25, -0.2) is 0 Å². The van der Waals surface area contributed by atoms with E-state index in [0.717, 1.165) is 0 Å². The Hall–Kier alpha value is -2.36. The van der Waals surface area contributed by atoms with E-state index in [9.17, 15) is 14.7 Å². The molecule has 21 heavy (non-hydrogen) atoms. The van der Waals surface area contributed by atoms with Crippen molar-refractivity contribution < 1.29 is 19.4 Å². The van der Waals surface area contributed by atoms with E-state index in [-0.39, 0.29) is 22.7 Å². The van der Waals surface area contributed by atoms with Crippen LogP contribution in [-0.4, -0.2) is 22.3 Å². The van der Waals surface area contributed by atoms with Gasteiger partial charge >= 0.3 is 0 Å². The lowest BCUT2D eigenvalue weighted by molar-refractivity contribution is -0.134. The van der Waals surface area contributed by atoms with Crippen molar-refractivity contribution in [2.45, 2.75) is 33.3 Å². The molecule has 1 aromatic carbocycles. The fraction of sp³-hybridized carbons (Fsp3) is 0.294. The molecule has 0 amide bonds. The van der Waals surface area contributed by atoms with Crippen LogP contribution in [0.1, 0.15) is 33.3 Å². The van der Waals surface area contributed by atoms with Crippen LogP contribution in [0.4, 0.5) is 0 Å². The van der Waals surface area contributed by atoms with E-state index in [1.165, 1.54) is 0 Å². The van der Waals surface area contributed by atoms with Crippen molar-refractivity contribution in [3.05, 3.63) is 53.0 Å². The van der Waals surface area contributed by atoms with E-state index in [1.54, 1.807) is 58.0 Å². The average Bonchev–Trinajstić information content (AvgIpc) is 2.42. The molecule has 0 aromatic heterocycles. The highest BCUT2D eigenvalue weighted by molar-refractivity contribution is 6.59. The minimum absolute atomic E-state index is 0.0272. The summed E-state index contributed by atoms with van der Waals surface area (Å²) < 4.78 is 5.54. The zero-order chi connectivity index (χ0) is 15.8. The monoisotopic (exact) mass is 286 g/mol. The number of ketones is 2. The number of aliphatic hydroxyl groups excluding tert-OH is 1. The molecule has 4 nitrogen and oxygen atoms in total. The molecule has 0 spiro atoms. The van der Waals surface area contributed by atoms with Crippen LogP contribution in [0.3, 0.4) is 0 Å². The maximum atomic E-state index is 12.3. The normalized spacial score (nSPS) is 16.6. The molecule has 0 saturated heterocycles. The minimum atomic E-state index is -0.747. The molecule has 0 bridgehead atoms. The number of allylic oxidation sites excluding steroid dienone is 3. The highest BCUT2D eigenvalue weighted by Crippen LogP contribution is 2.32. The van der Waals surface area contributed by atoms with Gasteiger partial charge in [-0.1, -0.05) is 30.3 Å². The second-order valence-corrected chi connectivity index (χ2v) is 5.92. The average molecular weight is 286 g/mol. The molecule has 0 fully saturated rings. The van der Waals surface area contributed by atoms with E-state index in [0.29, 0.717) is 5.56 Å². The number of carbonyl (C=O) groups is 2. The lowest BCUT2D eigenvalue weighted by atomic mass is 9.89. The van der Waals surface area contributed by atoms with Crippen LogP contribution in [0, 0.1) is 0 Å². The summed E-state index contributed by atoms with van der Waals surface area (Å²) in [6, 6.07) is 8.65. The molecule has 1 N–H and O–H groups in total. The Balaban J connectivity index is 2.59. The lowest BCUT2D eigenvalue weighted by Crippen LogP contribution is -2.31. The molecule has 110 valence electrons. The van der Waals surface area contributed by atoms with Gasteiger partial charge in [0.15, 0.2) is 5.76 Å². The van der Waals surface area contributed by atoms with Gasteiger partial charge in [0.25, 0.3) is 5.78 Å². The third-order valence-electron chi connectivity index (χ3n) is 3.04. The van der Waals surface area contributed by atoms with E-state index in [1.807, 2.05) is 0 Å². The summed E-state index contributed by atoms with van der Waals surface area (Å²) in [6.45, 7) is 6.90. The summed E-state index contributed by atoms with van der Waals surface area (Å²) >= 11 is 0. The third kappa shape index (κ3) is 2.89. The SMILES string of the molecule is CC1=C(OC(C)(C)C)C(=O)C(=O)C(c2ccccc2)=C1O. The van der Waals surface area contributed by atoms with Gasteiger partial charge in [0.05, 0.1) is 5.57 Å². The first-order valence-corrected chi connectivity index (χ1v) is 6.70. The van der Waals surface area contributed by atoms with Crippen molar-refractivity contribution in [2.24, 2.45) is 0 Å². The van der Waals surface area contributed by atoms with Crippen LogP contribution in [-0.2, 0) is 14.3 Å². The van der Waals surface area contributed by atoms with Gasteiger partial charge in [-0.15, -0.1) is 0 Å². The number of Topliss-reactive ketones (excluding diaryl/α,β-unsaturated/α-hetero) is 2. The molecule has 0 saturated carbocycles. The second kappa shape index (κ2) is 5.20. The van der Waals surface area contributed by atoms with Crippen LogP contribution in [0.5, 0.6) is 0 Å². The zero-order valence-corrected chi connectivity index (χ0v) is 12.6. The number of benzene rings is 1. The van der Waals surface area contributed by atoms with Crippen LogP contribution in [0.15, 0.2) is 47.4 Å². The van der Waals surface area contributed by atoms with Gasteiger partial charge in [0.2, 0.25) is 5.78 Å². The minimum Gasteiger partial charge on any atom is -0.507 e. The number of rotatable bonds is 2. The first-order valence-electron chi connectivity index (χ1n) is 6.70. The Labute approximate surface area is 123 Å². The standard InChI is InChI=1S/C17H18O4/c1-10-13(18)12(11-8-6-5-7-9-11)14(19)15(20)16(10)21-17(2,3)4/h5-9,18H,1-4H3. The molecule has 0 heterocycles. The molecule has 0 atom stereocenters. The van der Waals surface area contributed by atoms with Crippen molar-refractivity contribution >= 4 is 17.1 Å². The van der Waals surface area contributed by atoms with Gasteiger partial charge in [-0.2, -0.15) is 0 Å². The molecule has 0 aliphatic heterocycles. The fourth-order valence-corrected chi connectivity index (χ4v) is 2.09. The third-order valence-corrected chi connectivity index (χ3v) is 3.04. The summed E-state index contributed by atoms with van der Waals surface area (Å²) in [5, 5.41) is 10.3. The van der Waals surface area contributed by atoms with Crippen LogP contribution >= 0.6 is 0 Å². The Bertz CT molecular complexity index is 658. The van der Waals surface area contributed by atoms with Crippen molar-refractivity contribution in [1.29, 1.82) is 0 Å². The number of aliphatic hydroxyl groups is 1. The van der Waals surface area contributed by atoms with Crippen molar-refractivity contribution in [1.82, 2.24) is 0 Å². The van der Waals surface area contributed by atoms with Crippen molar-refractivity contribution in [2.75, 3.05) is 0 Å². The van der Waals surface area contributed by atoms with Crippen LogP contribution < -0.4 is 0 Å². The van der Waals surface area contributed by atoms with Crippen LogP contribution in [0.2, 0.25) is 0 Å². The van der Waals surface area contributed by atoms with Gasteiger partial charge in [0, 0.05) is 5.57 Å². The van der Waals surface area contributed by atoms with Gasteiger partial charge in [-0.3, -0.25) is 9.59 Å². The smallest absolute Gasteiger partial charge is 0.268 e. The maximum Gasteiger partial charge on any atom is 0.268 e. The Morgan fingerprint density at radius 3 is 2.10 bits per heavy atom. The molecular weight excluding hydrogens is 268 g/mol. The van der Waals surface area contributed by atoms with Gasteiger partial charge < -0.3 is 9.84 Å². The number of hydrogen-bond acceptors (Lipinski definition) is 4. The highest BCUT2D eigenvalue weighted by atomic mass is 16.5. The summed E-state index contributed by atoms with van der Waals surface area (Å²) in [5.74, 6) is -1.75. The molecule has 2 rings (SSSR count). The quantitative estimate of drug-likeness (QED) is 0.670. The zero-order valence-electron chi connectivity index (χ0n) is 12.6. The van der Waals surface area contributed by atoms with E-state index in [2.05, 4.69) is 0 Å². The van der Waals surface area contributed by atoms with Crippen LogP contribution in [0.25, 0.3) is 5.57 Å². The molecule has 0 unspecified atom stereocenters. The summed E-state index contributed by atoms with van der Waals surface area (Å²) in [4.78, 5) is 24.6. The largest absolute Gasteiger partial charge is 0.507 e. The first-order chi connectivity index (χ1) is 9.72. The summed E-state index contributed by atoms with van der Waals surface area (Å²) in [7, 11) is 0. The second-order valence-electron chi connectivity index (χ2n) is 5.92. The van der Waals surface area contributed by atoms with E-state index >= 15 is 0 Å². The number of ether oxygens (including phenoxy) is 1. The van der Waals surface area contributed by atoms with Gasteiger partial charge in [-0.05, 0) is 33.3 Å². The topological polar surface area (TPSA) is 63.6 Å². The molecule has 1 aliphatic carbocycles. The highest BCUT2D eigenvalue weighted by Gasteiger charge is 2.37. The van der Waals surface area contributed by atoms with E-state index < -0.39 is 17.2 Å². The Morgan fingerprint density at radius 2 is 1.57 bits per heavy atom. The number of hydrogen-bond donors (Lipinski definition) is 1. The molecule has 4 heteroatoms. The molecule has 1 aliphatic rings. The number of carbonyl (C=O) groups excluding carboxylic acids is 2. The molecule has 1 aromatic rings. The Morgan fingerprint density at radius 1 is 1.00 bits per heavy atom.